The highest BCUT2D eigenvalue weighted by atomic mass is 16.5. The number of hydrogen-bond donors (Lipinski definition) is 0. The van der Waals surface area contributed by atoms with Gasteiger partial charge in [0.2, 0.25) is 0 Å². The van der Waals surface area contributed by atoms with Crippen LogP contribution in [-0.2, 0) is 11.3 Å². The first-order chi connectivity index (χ1) is 14.0. The second kappa shape index (κ2) is 6.51. The van der Waals surface area contributed by atoms with Crippen LogP contribution < -0.4 is 5.56 Å². The fourth-order valence-electron chi connectivity index (χ4n) is 3.41. The van der Waals surface area contributed by atoms with E-state index in [0.717, 1.165) is 24.1 Å². The number of esters is 1. The van der Waals surface area contributed by atoms with Crippen molar-refractivity contribution in [3.05, 3.63) is 69.0 Å². The number of hydrogen-bond acceptors (Lipinski definition) is 7. The third-order valence-electron chi connectivity index (χ3n) is 5.06. The summed E-state index contributed by atoms with van der Waals surface area (Å²) in [7, 11) is 0. The van der Waals surface area contributed by atoms with E-state index < -0.39 is 5.97 Å². The molecule has 0 saturated heterocycles. The quantitative estimate of drug-likeness (QED) is 0.494. The van der Waals surface area contributed by atoms with Gasteiger partial charge in [-0.15, -0.1) is 0 Å². The van der Waals surface area contributed by atoms with Gasteiger partial charge >= 0.3 is 5.97 Å². The zero-order valence-electron chi connectivity index (χ0n) is 16.0. The summed E-state index contributed by atoms with van der Waals surface area (Å²) < 4.78 is 12.2. The number of ether oxygens (including phenoxy) is 1. The molecule has 4 heterocycles. The van der Waals surface area contributed by atoms with Crippen molar-refractivity contribution >= 4 is 22.7 Å². The molecule has 0 unspecified atom stereocenters. The SMILES string of the molecule is Cc1ccc2nc(COC(=O)c3cc(C4CC4)nc4onc(C)c34)cc(=O)n2c1. The summed E-state index contributed by atoms with van der Waals surface area (Å²) in [5.74, 6) is -0.168. The molecule has 0 amide bonds. The van der Waals surface area contributed by atoms with Crippen LogP contribution >= 0.6 is 0 Å². The number of nitrogens with zero attached hydrogens (tertiary/aromatic N) is 4. The van der Waals surface area contributed by atoms with Gasteiger partial charge in [0.25, 0.3) is 11.3 Å². The Morgan fingerprint density at radius 2 is 2.07 bits per heavy atom. The second-order valence-corrected chi connectivity index (χ2v) is 7.41. The van der Waals surface area contributed by atoms with Crippen LogP contribution in [0.3, 0.4) is 0 Å². The molecule has 4 aromatic heterocycles. The smallest absolute Gasteiger partial charge is 0.339 e. The number of aromatic nitrogens is 4. The van der Waals surface area contributed by atoms with Gasteiger partial charge in [0.1, 0.15) is 12.3 Å². The van der Waals surface area contributed by atoms with E-state index in [0.29, 0.717) is 39.6 Å². The predicted molar refractivity (Wildman–Crippen MR) is 104 cm³/mol. The standard InChI is InChI=1S/C21H18N4O4/c1-11-3-6-17-22-14(7-18(26)25(17)9-11)10-28-21(27)15-8-16(13-4-5-13)23-20-19(15)12(2)24-29-20/h3,6-9,13H,4-5,10H2,1-2H3. The Kier molecular flexibility index (Phi) is 3.94. The van der Waals surface area contributed by atoms with Gasteiger partial charge in [-0.05, 0) is 44.4 Å². The molecule has 0 spiro atoms. The molecule has 0 radical (unpaired) electrons. The Morgan fingerprint density at radius 3 is 2.86 bits per heavy atom. The van der Waals surface area contributed by atoms with Gasteiger partial charge in [-0.3, -0.25) is 9.20 Å². The summed E-state index contributed by atoms with van der Waals surface area (Å²) in [6.07, 6.45) is 3.82. The summed E-state index contributed by atoms with van der Waals surface area (Å²) in [6, 6.07) is 6.77. The van der Waals surface area contributed by atoms with Crippen molar-refractivity contribution in [2.24, 2.45) is 0 Å². The number of carbonyl (C=O) groups excluding carboxylic acids is 1. The second-order valence-electron chi connectivity index (χ2n) is 7.41. The summed E-state index contributed by atoms with van der Waals surface area (Å²) >= 11 is 0. The molecule has 1 aliphatic carbocycles. The number of rotatable bonds is 4. The minimum Gasteiger partial charge on any atom is -0.456 e. The Balaban J connectivity index is 1.45. The molecule has 0 aromatic carbocycles. The van der Waals surface area contributed by atoms with Crippen LogP contribution in [0.5, 0.6) is 0 Å². The number of carbonyl (C=O) groups is 1. The van der Waals surface area contributed by atoms with Crippen LogP contribution in [0.2, 0.25) is 0 Å². The zero-order valence-corrected chi connectivity index (χ0v) is 16.0. The predicted octanol–water partition coefficient (Wildman–Crippen LogP) is 3.08. The lowest BCUT2D eigenvalue weighted by Gasteiger charge is -2.08. The maximum Gasteiger partial charge on any atom is 0.339 e. The van der Waals surface area contributed by atoms with Crippen molar-refractivity contribution in [1.29, 1.82) is 0 Å². The van der Waals surface area contributed by atoms with Crippen LogP contribution in [0.4, 0.5) is 0 Å². The molecule has 1 saturated carbocycles. The molecule has 5 rings (SSSR count). The first kappa shape index (κ1) is 17.5. The first-order valence-electron chi connectivity index (χ1n) is 9.42. The van der Waals surface area contributed by atoms with E-state index in [1.54, 1.807) is 25.3 Å². The highest BCUT2D eigenvalue weighted by Gasteiger charge is 2.29. The maximum atomic E-state index is 12.8. The lowest BCUT2D eigenvalue weighted by molar-refractivity contribution is 0.0469. The molecular weight excluding hydrogens is 372 g/mol. The van der Waals surface area contributed by atoms with E-state index in [2.05, 4.69) is 15.1 Å². The average Bonchev–Trinajstić information content (AvgIpc) is 3.49. The average molecular weight is 390 g/mol. The molecule has 0 aliphatic heterocycles. The third-order valence-corrected chi connectivity index (χ3v) is 5.06. The monoisotopic (exact) mass is 390 g/mol. The van der Waals surface area contributed by atoms with E-state index in [1.807, 2.05) is 13.0 Å². The van der Waals surface area contributed by atoms with Crippen molar-refractivity contribution in [3.63, 3.8) is 0 Å². The molecule has 8 heteroatoms. The third kappa shape index (κ3) is 3.16. The highest BCUT2D eigenvalue weighted by Crippen LogP contribution is 2.40. The lowest BCUT2D eigenvalue weighted by atomic mass is 10.1. The molecule has 146 valence electrons. The maximum absolute atomic E-state index is 12.8. The highest BCUT2D eigenvalue weighted by molar-refractivity contribution is 6.03. The molecule has 29 heavy (non-hydrogen) atoms. The molecule has 1 fully saturated rings. The Morgan fingerprint density at radius 1 is 1.24 bits per heavy atom. The summed E-state index contributed by atoms with van der Waals surface area (Å²) in [5.41, 5.74) is 3.76. The van der Waals surface area contributed by atoms with Crippen LogP contribution in [0.25, 0.3) is 16.7 Å². The Bertz CT molecular complexity index is 1330. The number of aryl methyl sites for hydroxylation is 2. The molecule has 0 N–H and O–H groups in total. The first-order valence-corrected chi connectivity index (χ1v) is 9.42. The van der Waals surface area contributed by atoms with Crippen molar-refractivity contribution in [2.75, 3.05) is 0 Å². The zero-order chi connectivity index (χ0) is 20.1. The van der Waals surface area contributed by atoms with Gasteiger partial charge in [-0.1, -0.05) is 11.2 Å². The number of fused-ring (bicyclic) bond motifs is 2. The van der Waals surface area contributed by atoms with Gasteiger partial charge in [0, 0.05) is 23.9 Å². The van der Waals surface area contributed by atoms with E-state index in [1.165, 1.54) is 10.5 Å². The minimum atomic E-state index is -0.517. The van der Waals surface area contributed by atoms with Gasteiger partial charge in [0.05, 0.1) is 22.3 Å². The Labute approximate surface area is 165 Å². The van der Waals surface area contributed by atoms with Crippen LogP contribution in [0, 0.1) is 13.8 Å². The Hall–Kier alpha value is -3.55. The van der Waals surface area contributed by atoms with Gasteiger partial charge in [-0.25, -0.2) is 14.8 Å². The summed E-state index contributed by atoms with van der Waals surface area (Å²) in [5, 5.41) is 4.49. The van der Waals surface area contributed by atoms with Crippen molar-refractivity contribution in [3.8, 4) is 0 Å². The fourth-order valence-corrected chi connectivity index (χ4v) is 3.41. The lowest BCUT2D eigenvalue weighted by Crippen LogP contribution is -2.17. The van der Waals surface area contributed by atoms with Gasteiger partial charge < -0.3 is 9.26 Å². The molecule has 4 aromatic rings. The van der Waals surface area contributed by atoms with Crippen LogP contribution in [0.1, 0.15) is 51.8 Å². The van der Waals surface area contributed by atoms with Crippen molar-refractivity contribution < 1.29 is 14.1 Å². The fraction of sp³-hybridized carbons (Fsp3) is 0.286. The summed E-state index contributed by atoms with van der Waals surface area (Å²) in [6.45, 7) is 3.56. The molecule has 1 aliphatic rings. The minimum absolute atomic E-state index is 0.106. The largest absolute Gasteiger partial charge is 0.456 e. The van der Waals surface area contributed by atoms with Crippen LogP contribution in [-0.4, -0.2) is 25.5 Å². The summed E-state index contributed by atoms with van der Waals surface area (Å²) in [4.78, 5) is 34.1. The molecule has 0 bridgehead atoms. The van der Waals surface area contributed by atoms with E-state index >= 15 is 0 Å². The molecule has 8 nitrogen and oxygen atoms in total. The molecule has 0 atom stereocenters. The van der Waals surface area contributed by atoms with Crippen molar-refractivity contribution in [1.82, 2.24) is 19.5 Å². The topological polar surface area (TPSA) is 99.6 Å². The van der Waals surface area contributed by atoms with Gasteiger partial charge in [-0.2, -0.15) is 0 Å². The normalized spacial score (nSPS) is 13.9. The molecular formula is C21H18N4O4. The van der Waals surface area contributed by atoms with E-state index in [-0.39, 0.29) is 12.2 Å². The van der Waals surface area contributed by atoms with Gasteiger partial charge in [0.15, 0.2) is 0 Å². The van der Waals surface area contributed by atoms with E-state index in [9.17, 15) is 9.59 Å². The van der Waals surface area contributed by atoms with Crippen molar-refractivity contribution in [2.45, 2.75) is 39.2 Å². The van der Waals surface area contributed by atoms with E-state index in [4.69, 9.17) is 9.26 Å². The van der Waals surface area contributed by atoms with Crippen LogP contribution in [0.15, 0.2) is 39.8 Å². The number of pyridine rings is 2.